The van der Waals surface area contributed by atoms with Gasteiger partial charge in [-0.15, -0.1) is 0 Å². The summed E-state index contributed by atoms with van der Waals surface area (Å²) in [6.07, 6.45) is 2.64. The van der Waals surface area contributed by atoms with Gasteiger partial charge in [0.2, 0.25) is 0 Å². The third-order valence-electron chi connectivity index (χ3n) is 3.31. The van der Waals surface area contributed by atoms with Crippen molar-refractivity contribution in [3.05, 3.63) is 53.9 Å². The fourth-order valence-corrected chi connectivity index (χ4v) is 1.99. The number of pyridine rings is 1. The van der Waals surface area contributed by atoms with E-state index in [1.54, 1.807) is 18.3 Å². The van der Waals surface area contributed by atoms with Crippen molar-refractivity contribution in [1.82, 2.24) is 4.98 Å². The number of hydrogen-bond acceptors (Lipinski definition) is 3. The molecule has 0 radical (unpaired) electrons. The second-order valence-corrected chi connectivity index (χ2v) is 4.71. The number of amidine groups is 1. The van der Waals surface area contributed by atoms with Gasteiger partial charge in [0.25, 0.3) is 0 Å². The molecule has 1 heterocycles. The van der Waals surface area contributed by atoms with Crippen LogP contribution in [-0.2, 0) is 0 Å². The van der Waals surface area contributed by atoms with E-state index in [4.69, 9.17) is 15.9 Å². The molecule has 0 aliphatic carbocycles. The predicted molar refractivity (Wildman–Crippen MR) is 80.5 cm³/mol. The van der Waals surface area contributed by atoms with Crippen molar-refractivity contribution in [2.75, 3.05) is 0 Å². The summed E-state index contributed by atoms with van der Waals surface area (Å²) in [5.74, 6) is 1.61. The maximum atomic E-state index is 7.55. The Kier molecular flexibility index (Phi) is 4.35. The van der Waals surface area contributed by atoms with Crippen molar-refractivity contribution in [3.63, 3.8) is 0 Å². The van der Waals surface area contributed by atoms with Crippen molar-refractivity contribution in [1.29, 1.82) is 5.41 Å². The first-order chi connectivity index (χ1) is 9.63. The Labute approximate surface area is 119 Å². The number of nitrogens with one attached hydrogen (secondary N) is 1. The summed E-state index contributed by atoms with van der Waals surface area (Å²) in [6, 6.07) is 11.5. The number of aromatic nitrogens is 1. The number of benzene rings is 1. The average Bonchev–Trinajstić information content (AvgIpc) is 2.47. The lowest BCUT2D eigenvalue weighted by atomic mass is 9.98. The van der Waals surface area contributed by atoms with Gasteiger partial charge in [0.1, 0.15) is 17.3 Å². The molecule has 1 aromatic carbocycles. The lowest BCUT2D eigenvalue weighted by Crippen LogP contribution is -2.14. The Morgan fingerprint density at radius 1 is 1.25 bits per heavy atom. The molecule has 104 valence electrons. The molecule has 0 spiro atoms. The summed E-state index contributed by atoms with van der Waals surface area (Å²) in [5, 5.41) is 7.55. The first-order valence-electron chi connectivity index (χ1n) is 6.69. The van der Waals surface area contributed by atoms with Crippen LogP contribution in [0.5, 0.6) is 11.5 Å². The van der Waals surface area contributed by atoms with E-state index in [9.17, 15) is 0 Å². The molecule has 3 N–H and O–H groups in total. The summed E-state index contributed by atoms with van der Waals surface area (Å²) in [4.78, 5) is 4.09. The molecule has 0 aliphatic rings. The van der Waals surface area contributed by atoms with Crippen molar-refractivity contribution in [2.24, 2.45) is 5.73 Å². The van der Waals surface area contributed by atoms with E-state index in [0.29, 0.717) is 17.4 Å². The van der Waals surface area contributed by atoms with E-state index in [2.05, 4.69) is 24.9 Å². The van der Waals surface area contributed by atoms with Crippen LogP contribution < -0.4 is 10.5 Å². The summed E-state index contributed by atoms with van der Waals surface area (Å²) in [7, 11) is 0. The predicted octanol–water partition coefficient (Wildman–Crippen LogP) is 3.67. The van der Waals surface area contributed by atoms with Crippen LogP contribution in [0.25, 0.3) is 0 Å². The summed E-state index contributed by atoms with van der Waals surface area (Å²) < 4.78 is 5.94. The van der Waals surface area contributed by atoms with Crippen LogP contribution in [0.3, 0.4) is 0 Å². The molecule has 1 aromatic heterocycles. The SMILES string of the molecule is CCC(C)c1ccccc1Oc1cccnc1C(=N)N. The van der Waals surface area contributed by atoms with Crippen LogP contribution in [0.1, 0.15) is 37.4 Å². The van der Waals surface area contributed by atoms with Crippen LogP contribution >= 0.6 is 0 Å². The van der Waals surface area contributed by atoms with Crippen LogP contribution in [0.4, 0.5) is 0 Å². The van der Waals surface area contributed by atoms with Crippen LogP contribution in [0.15, 0.2) is 42.6 Å². The van der Waals surface area contributed by atoms with Gasteiger partial charge in [-0.3, -0.25) is 5.41 Å². The zero-order valence-electron chi connectivity index (χ0n) is 11.8. The highest BCUT2D eigenvalue weighted by Crippen LogP contribution is 2.32. The number of nitrogen functional groups attached to an aromatic ring is 1. The molecule has 1 atom stereocenters. The van der Waals surface area contributed by atoms with E-state index in [0.717, 1.165) is 17.7 Å². The average molecular weight is 269 g/mol. The van der Waals surface area contributed by atoms with E-state index in [1.807, 2.05) is 18.2 Å². The highest BCUT2D eigenvalue weighted by atomic mass is 16.5. The second kappa shape index (κ2) is 6.19. The molecule has 0 amide bonds. The fraction of sp³-hybridized carbons (Fsp3) is 0.250. The van der Waals surface area contributed by atoms with Crippen molar-refractivity contribution in [2.45, 2.75) is 26.2 Å². The highest BCUT2D eigenvalue weighted by molar-refractivity contribution is 5.95. The highest BCUT2D eigenvalue weighted by Gasteiger charge is 2.13. The lowest BCUT2D eigenvalue weighted by molar-refractivity contribution is 0.467. The van der Waals surface area contributed by atoms with E-state index < -0.39 is 0 Å². The molecule has 4 nitrogen and oxygen atoms in total. The Hall–Kier alpha value is -2.36. The monoisotopic (exact) mass is 269 g/mol. The zero-order chi connectivity index (χ0) is 14.5. The third-order valence-corrected chi connectivity index (χ3v) is 3.31. The minimum Gasteiger partial charge on any atom is -0.455 e. The normalized spacial score (nSPS) is 11.9. The third kappa shape index (κ3) is 2.96. The standard InChI is InChI=1S/C16H19N3O/c1-3-11(2)12-7-4-5-8-13(12)20-14-9-6-10-19-15(14)16(17)18/h4-11H,3H2,1-2H3,(H3,17,18). The van der Waals surface area contributed by atoms with Crippen molar-refractivity contribution < 1.29 is 4.74 Å². The summed E-state index contributed by atoms with van der Waals surface area (Å²) >= 11 is 0. The number of ether oxygens (including phenoxy) is 1. The smallest absolute Gasteiger partial charge is 0.156 e. The van der Waals surface area contributed by atoms with Gasteiger partial charge < -0.3 is 10.5 Å². The maximum Gasteiger partial charge on any atom is 0.156 e. The summed E-state index contributed by atoms with van der Waals surface area (Å²) in [5.41, 5.74) is 7.05. The van der Waals surface area contributed by atoms with Gasteiger partial charge in [-0.25, -0.2) is 4.98 Å². The molecule has 4 heteroatoms. The van der Waals surface area contributed by atoms with Crippen LogP contribution in [-0.4, -0.2) is 10.8 Å². The molecule has 2 rings (SSSR count). The van der Waals surface area contributed by atoms with Crippen LogP contribution in [0, 0.1) is 5.41 Å². The second-order valence-electron chi connectivity index (χ2n) is 4.71. The van der Waals surface area contributed by atoms with Gasteiger partial charge in [0.15, 0.2) is 5.75 Å². The van der Waals surface area contributed by atoms with Gasteiger partial charge >= 0.3 is 0 Å². The molecule has 0 saturated heterocycles. The molecule has 0 bridgehead atoms. The molecule has 1 unspecified atom stereocenters. The molecule has 2 aromatic rings. The molecular formula is C16H19N3O. The molecule has 0 fully saturated rings. The lowest BCUT2D eigenvalue weighted by Gasteiger charge is -2.16. The maximum absolute atomic E-state index is 7.55. The van der Waals surface area contributed by atoms with Gasteiger partial charge in [-0.05, 0) is 36.1 Å². The number of rotatable bonds is 5. The Bertz CT molecular complexity index is 610. The van der Waals surface area contributed by atoms with Gasteiger partial charge in [0.05, 0.1) is 0 Å². The van der Waals surface area contributed by atoms with Gasteiger partial charge in [0, 0.05) is 6.20 Å². The Balaban J connectivity index is 2.38. The first-order valence-corrected chi connectivity index (χ1v) is 6.69. The number of nitrogens with two attached hydrogens (primary N) is 1. The summed E-state index contributed by atoms with van der Waals surface area (Å²) in [6.45, 7) is 4.31. The van der Waals surface area contributed by atoms with E-state index in [1.165, 1.54) is 0 Å². The van der Waals surface area contributed by atoms with Gasteiger partial charge in [-0.2, -0.15) is 0 Å². The molecular weight excluding hydrogens is 250 g/mol. The molecule has 20 heavy (non-hydrogen) atoms. The topological polar surface area (TPSA) is 72.0 Å². The molecule has 0 saturated carbocycles. The quantitative estimate of drug-likeness (QED) is 0.642. The minimum atomic E-state index is -0.0957. The fourth-order valence-electron chi connectivity index (χ4n) is 1.99. The Morgan fingerprint density at radius 3 is 2.65 bits per heavy atom. The minimum absolute atomic E-state index is 0.0957. The van der Waals surface area contributed by atoms with Gasteiger partial charge in [-0.1, -0.05) is 32.0 Å². The Morgan fingerprint density at radius 2 is 1.95 bits per heavy atom. The number of para-hydroxylation sites is 1. The molecule has 0 aliphatic heterocycles. The van der Waals surface area contributed by atoms with E-state index in [-0.39, 0.29) is 5.84 Å². The van der Waals surface area contributed by atoms with Crippen LogP contribution in [0.2, 0.25) is 0 Å². The number of hydrogen-bond donors (Lipinski definition) is 2. The van der Waals surface area contributed by atoms with Crippen molar-refractivity contribution >= 4 is 5.84 Å². The van der Waals surface area contributed by atoms with E-state index >= 15 is 0 Å². The van der Waals surface area contributed by atoms with Crippen molar-refractivity contribution in [3.8, 4) is 11.5 Å². The first kappa shape index (κ1) is 14.1. The number of nitrogens with zero attached hydrogens (tertiary/aromatic N) is 1. The largest absolute Gasteiger partial charge is 0.455 e. The zero-order valence-corrected chi connectivity index (χ0v) is 11.8.